The van der Waals surface area contributed by atoms with E-state index in [-0.39, 0.29) is 5.91 Å². The number of hydrogen-bond acceptors (Lipinski definition) is 5. The zero-order chi connectivity index (χ0) is 15.0. The molecule has 0 aromatic carbocycles. The van der Waals surface area contributed by atoms with Crippen LogP contribution in [-0.4, -0.2) is 27.1 Å². The molecule has 0 saturated heterocycles. The first-order valence-corrected chi connectivity index (χ1v) is 7.43. The molecule has 1 aromatic heterocycles. The average molecular weight is 293 g/mol. The van der Waals surface area contributed by atoms with Crippen LogP contribution in [0.2, 0.25) is 0 Å². The number of carboxylic acid groups (broad SMARTS) is 1. The number of carbonyl (C=O) groups excluding carboxylic acids is 1. The van der Waals surface area contributed by atoms with Crippen LogP contribution in [0.5, 0.6) is 0 Å². The Morgan fingerprint density at radius 3 is 2.62 bits per heavy atom. The molecule has 0 radical (unpaired) electrons. The number of aliphatic carboxylic acids is 1. The number of aromatic nitrogens is 2. The Kier molecular flexibility index (Phi) is 3.43. The number of carboxylic acids is 1. The van der Waals surface area contributed by atoms with Crippen LogP contribution in [0.1, 0.15) is 50.7 Å². The van der Waals surface area contributed by atoms with Gasteiger partial charge in [-0.25, -0.2) is 0 Å². The van der Waals surface area contributed by atoms with Crippen molar-refractivity contribution in [3.8, 4) is 0 Å². The number of hydrogen-bond donors (Lipinski definition) is 2. The largest absolute Gasteiger partial charge is 0.481 e. The topological polar surface area (TPSA) is 105 Å². The van der Waals surface area contributed by atoms with Gasteiger partial charge in [0.25, 0.3) is 0 Å². The smallest absolute Gasteiger partial charge is 0.307 e. The van der Waals surface area contributed by atoms with E-state index < -0.39 is 23.3 Å². The first-order valence-electron chi connectivity index (χ1n) is 7.43. The highest BCUT2D eigenvalue weighted by Gasteiger charge is 2.51. The van der Waals surface area contributed by atoms with Gasteiger partial charge < -0.3 is 14.9 Å². The van der Waals surface area contributed by atoms with Crippen LogP contribution >= 0.6 is 0 Å². The highest BCUT2D eigenvalue weighted by atomic mass is 16.5. The minimum atomic E-state index is -0.900. The summed E-state index contributed by atoms with van der Waals surface area (Å²) in [5.74, 6) is -0.980. The predicted octanol–water partition coefficient (Wildman–Crippen LogP) is 1.24. The number of rotatable bonds is 5. The van der Waals surface area contributed by atoms with Gasteiger partial charge in [-0.15, -0.1) is 0 Å². The fourth-order valence-electron chi connectivity index (χ4n) is 3.06. The highest BCUT2D eigenvalue weighted by Crippen LogP contribution is 2.42. The van der Waals surface area contributed by atoms with Crippen LogP contribution < -0.4 is 5.32 Å². The Morgan fingerprint density at radius 1 is 1.38 bits per heavy atom. The summed E-state index contributed by atoms with van der Waals surface area (Å²) < 4.78 is 5.16. The van der Waals surface area contributed by atoms with Crippen molar-refractivity contribution in [1.29, 1.82) is 0 Å². The lowest BCUT2D eigenvalue weighted by atomic mass is 9.96. The summed E-state index contributed by atoms with van der Waals surface area (Å²) in [6.45, 7) is 1.93. The number of nitrogens with zero attached hydrogens (tertiary/aromatic N) is 2. The standard InChI is InChI=1S/C14H19N3O4/c1-2-10-15-13(17-21-10)14(5-3-4-6-14)16-11(18)8-7-9(8)12(19)20/h8-9H,2-7H2,1H3,(H,16,18)(H,19,20). The van der Waals surface area contributed by atoms with E-state index in [4.69, 9.17) is 9.63 Å². The second-order valence-corrected chi connectivity index (χ2v) is 5.93. The Hall–Kier alpha value is -1.92. The summed E-state index contributed by atoms with van der Waals surface area (Å²) in [5, 5.41) is 15.9. The van der Waals surface area contributed by atoms with Crippen molar-refractivity contribution < 1.29 is 19.2 Å². The quantitative estimate of drug-likeness (QED) is 0.846. The van der Waals surface area contributed by atoms with Crippen LogP contribution in [-0.2, 0) is 21.5 Å². The summed E-state index contributed by atoms with van der Waals surface area (Å²) in [7, 11) is 0. The molecule has 1 amide bonds. The molecule has 3 rings (SSSR count). The fourth-order valence-corrected chi connectivity index (χ4v) is 3.06. The molecule has 1 heterocycles. The zero-order valence-corrected chi connectivity index (χ0v) is 12.0. The maximum absolute atomic E-state index is 12.3. The SMILES string of the molecule is CCc1nc(C2(NC(=O)C3CC3C(=O)O)CCCC2)no1. The Balaban J connectivity index is 1.75. The first-order chi connectivity index (χ1) is 10.1. The fraction of sp³-hybridized carbons (Fsp3) is 0.714. The monoisotopic (exact) mass is 293 g/mol. The molecule has 7 heteroatoms. The number of carbonyl (C=O) groups is 2. The van der Waals surface area contributed by atoms with E-state index in [0.717, 1.165) is 25.7 Å². The molecule has 0 bridgehead atoms. The molecule has 2 saturated carbocycles. The van der Waals surface area contributed by atoms with E-state index >= 15 is 0 Å². The lowest BCUT2D eigenvalue weighted by Gasteiger charge is -2.26. The average Bonchev–Trinajstić information content (AvgIpc) is 2.91. The van der Waals surface area contributed by atoms with Crippen molar-refractivity contribution >= 4 is 11.9 Å². The van der Waals surface area contributed by atoms with E-state index in [0.29, 0.717) is 24.6 Å². The summed E-state index contributed by atoms with van der Waals surface area (Å²) in [6, 6.07) is 0. The van der Waals surface area contributed by atoms with Gasteiger partial charge in [0.2, 0.25) is 11.8 Å². The lowest BCUT2D eigenvalue weighted by molar-refractivity contribution is -0.140. The third kappa shape index (κ3) is 2.52. The molecule has 0 aliphatic heterocycles. The zero-order valence-electron chi connectivity index (χ0n) is 12.0. The third-order valence-corrected chi connectivity index (χ3v) is 4.46. The summed E-state index contributed by atoms with van der Waals surface area (Å²) in [5.41, 5.74) is -0.584. The van der Waals surface area contributed by atoms with Crippen molar-refractivity contribution in [1.82, 2.24) is 15.5 Å². The predicted molar refractivity (Wildman–Crippen MR) is 71.2 cm³/mol. The van der Waals surface area contributed by atoms with Crippen molar-refractivity contribution in [3.05, 3.63) is 11.7 Å². The van der Waals surface area contributed by atoms with Gasteiger partial charge in [-0.1, -0.05) is 24.9 Å². The van der Waals surface area contributed by atoms with E-state index in [1.54, 1.807) is 0 Å². The second kappa shape index (κ2) is 5.13. The maximum atomic E-state index is 12.3. The molecule has 1 aromatic rings. The molecule has 2 aliphatic rings. The first kappa shape index (κ1) is 14.0. The van der Waals surface area contributed by atoms with Gasteiger partial charge >= 0.3 is 5.97 Å². The Bertz CT molecular complexity index is 562. The van der Waals surface area contributed by atoms with Crippen molar-refractivity contribution in [2.24, 2.45) is 11.8 Å². The number of amides is 1. The highest BCUT2D eigenvalue weighted by molar-refractivity contribution is 5.89. The van der Waals surface area contributed by atoms with Crippen LogP contribution in [0.25, 0.3) is 0 Å². The van der Waals surface area contributed by atoms with Gasteiger partial charge in [0, 0.05) is 6.42 Å². The van der Waals surface area contributed by atoms with E-state index in [1.165, 1.54) is 0 Å². The molecule has 2 aliphatic carbocycles. The molecule has 7 nitrogen and oxygen atoms in total. The molecular formula is C14H19N3O4. The van der Waals surface area contributed by atoms with Crippen LogP contribution in [0, 0.1) is 11.8 Å². The van der Waals surface area contributed by atoms with Gasteiger partial charge in [-0.3, -0.25) is 9.59 Å². The van der Waals surface area contributed by atoms with Crippen LogP contribution in [0.15, 0.2) is 4.52 Å². The number of aryl methyl sites for hydroxylation is 1. The van der Waals surface area contributed by atoms with Gasteiger partial charge in [0.1, 0.15) is 5.54 Å². The van der Waals surface area contributed by atoms with E-state index in [9.17, 15) is 9.59 Å². The maximum Gasteiger partial charge on any atom is 0.307 e. The van der Waals surface area contributed by atoms with Crippen molar-refractivity contribution in [3.63, 3.8) is 0 Å². The van der Waals surface area contributed by atoms with Crippen molar-refractivity contribution in [2.75, 3.05) is 0 Å². The normalized spacial score (nSPS) is 26.5. The molecule has 21 heavy (non-hydrogen) atoms. The van der Waals surface area contributed by atoms with E-state index in [1.807, 2.05) is 6.92 Å². The second-order valence-electron chi connectivity index (χ2n) is 5.93. The van der Waals surface area contributed by atoms with E-state index in [2.05, 4.69) is 15.5 Å². The van der Waals surface area contributed by atoms with Crippen molar-refractivity contribution in [2.45, 2.75) is 51.0 Å². The molecule has 2 fully saturated rings. The Morgan fingerprint density at radius 2 is 2.10 bits per heavy atom. The molecule has 2 N–H and O–H groups in total. The summed E-state index contributed by atoms with van der Waals surface area (Å²) >= 11 is 0. The summed E-state index contributed by atoms with van der Waals surface area (Å²) in [4.78, 5) is 27.5. The van der Waals surface area contributed by atoms with Gasteiger partial charge in [0.05, 0.1) is 11.8 Å². The minimum Gasteiger partial charge on any atom is -0.481 e. The minimum absolute atomic E-state index is 0.202. The third-order valence-electron chi connectivity index (χ3n) is 4.46. The lowest BCUT2D eigenvalue weighted by Crippen LogP contribution is -2.45. The van der Waals surface area contributed by atoms with Gasteiger partial charge in [0.15, 0.2) is 5.82 Å². The molecule has 0 spiro atoms. The Labute approximate surface area is 122 Å². The number of nitrogens with one attached hydrogen (secondary N) is 1. The van der Waals surface area contributed by atoms with Crippen LogP contribution in [0.4, 0.5) is 0 Å². The van der Waals surface area contributed by atoms with Gasteiger partial charge in [-0.2, -0.15) is 4.98 Å². The molecule has 2 unspecified atom stereocenters. The summed E-state index contributed by atoms with van der Waals surface area (Å²) in [6.07, 6.45) is 4.59. The molecule has 2 atom stereocenters. The van der Waals surface area contributed by atoms with Crippen LogP contribution in [0.3, 0.4) is 0 Å². The van der Waals surface area contributed by atoms with Gasteiger partial charge in [-0.05, 0) is 19.3 Å². The molecule has 114 valence electrons. The molecular weight excluding hydrogens is 274 g/mol.